The van der Waals surface area contributed by atoms with Crippen LogP contribution in [0.5, 0.6) is 0 Å². The van der Waals surface area contributed by atoms with Gasteiger partial charge in [0.25, 0.3) is 0 Å². The third-order valence-corrected chi connectivity index (χ3v) is 2.02. The van der Waals surface area contributed by atoms with Crippen molar-refractivity contribution < 1.29 is 9.90 Å². The highest BCUT2D eigenvalue weighted by Gasteiger charge is 2.08. The molecule has 0 aliphatic heterocycles. The summed E-state index contributed by atoms with van der Waals surface area (Å²) in [6, 6.07) is 8.61. The number of carboxylic acid groups (broad SMARTS) is 1. The Bertz CT molecular complexity index is 384. The molecule has 3 N–H and O–H groups in total. The molecule has 0 heterocycles. The first-order valence-corrected chi connectivity index (χ1v) is 4.58. The minimum absolute atomic E-state index is 0. The van der Waals surface area contributed by atoms with E-state index in [0.717, 1.165) is 5.56 Å². The molecule has 5 heteroatoms. The van der Waals surface area contributed by atoms with E-state index in [4.69, 9.17) is 16.1 Å². The van der Waals surface area contributed by atoms with E-state index in [2.05, 4.69) is 0 Å². The minimum atomic E-state index is -0.892. The number of nitriles is 1. The van der Waals surface area contributed by atoms with Gasteiger partial charge in [0.2, 0.25) is 0 Å². The Labute approximate surface area is 100 Å². The highest BCUT2D eigenvalue weighted by atomic mass is 35.5. The van der Waals surface area contributed by atoms with Crippen molar-refractivity contribution in [3.63, 3.8) is 0 Å². The zero-order valence-electron chi connectivity index (χ0n) is 8.59. The molecule has 1 atom stereocenters. The van der Waals surface area contributed by atoms with Crippen LogP contribution in [0.4, 0.5) is 0 Å². The van der Waals surface area contributed by atoms with Gasteiger partial charge in [-0.1, -0.05) is 12.1 Å². The highest BCUT2D eigenvalue weighted by Crippen LogP contribution is 2.06. The Hall–Kier alpha value is -1.57. The molecule has 0 aromatic heterocycles. The second kappa shape index (κ2) is 6.83. The predicted molar refractivity (Wildman–Crippen MR) is 62.3 cm³/mol. The maximum atomic E-state index is 10.4. The van der Waals surface area contributed by atoms with Gasteiger partial charge < -0.3 is 10.8 Å². The second-order valence-electron chi connectivity index (χ2n) is 3.37. The summed E-state index contributed by atoms with van der Waals surface area (Å²) in [6.45, 7) is 0. The lowest BCUT2D eigenvalue weighted by Gasteiger charge is -2.08. The minimum Gasteiger partial charge on any atom is -0.481 e. The molecule has 0 aliphatic carbocycles. The standard InChI is InChI=1S/C11H12N2O2.ClH/c12-7-9-3-1-8(2-4-9)5-10(13)6-11(14)15;/h1-4,10H,5-6,13H2,(H,14,15);1H. The predicted octanol–water partition coefficient (Wildman–Crippen LogP) is 1.32. The van der Waals surface area contributed by atoms with Gasteiger partial charge in [-0.05, 0) is 24.1 Å². The topological polar surface area (TPSA) is 87.1 Å². The molecule has 0 spiro atoms. The van der Waals surface area contributed by atoms with Crippen molar-refractivity contribution in [3.8, 4) is 6.07 Å². The number of aliphatic carboxylic acids is 1. The van der Waals surface area contributed by atoms with Gasteiger partial charge in [0.1, 0.15) is 0 Å². The number of rotatable bonds is 4. The van der Waals surface area contributed by atoms with Gasteiger partial charge in [-0.25, -0.2) is 0 Å². The summed E-state index contributed by atoms with van der Waals surface area (Å²) < 4.78 is 0. The van der Waals surface area contributed by atoms with Crippen molar-refractivity contribution in [2.75, 3.05) is 0 Å². The zero-order chi connectivity index (χ0) is 11.3. The maximum Gasteiger partial charge on any atom is 0.304 e. The summed E-state index contributed by atoms with van der Waals surface area (Å²) in [4.78, 5) is 10.4. The summed E-state index contributed by atoms with van der Waals surface area (Å²) >= 11 is 0. The average molecular weight is 241 g/mol. The van der Waals surface area contributed by atoms with Gasteiger partial charge in [0, 0.05) is 6.04 Å². The Morgan fingerprint density at radius 3 is 2.44 bits per heavy atom. The molecule has 0 saturated carbocycles. The molecule has 0 amide bonds. The molecule has 1 aromatic rings. The zero-order valence-corrected chi connectivity index (χ0v) is 9.41. The molecule has 4 nitrogen and oxygen atoms in total. The van der Waals surface area contributed by atoms with Gasteiger partial charge in [-0.3, -0.25) is 4.79 Å². The number of halogens is 1. The van der Waals surface area contributed by atoms with Crippen LogP contribution in [0.25, 0.3) is 0 Å². The third-order valence-electron chi connectivity index (χ3n) is 2.02. The normalized spacial score (nSPS) is 11.0. The molecule has 1 rings (SSSR count). The molecule has 0 bridgehead atoms. The lowest BCUT2D eigenvalue weighted by Crippen LogP contribution is -2.26. The van der Waals surface area contributed by atoms with Gasteiger partial charge in [-0.15, -0.1) is 12.4 Å². The first-order valence-electron chi connectivity index (χ1n) is 4.58. The number of nitrogens with zero attached hydrogens (tertiary/aromatic N) is 1. The smallest absolute Gasteiger partial charge is 0.304 e. The molecule has 0 radical (unpaired) electrons. The van der Waals surface area contributed by atoms with E-state index in [1.807, 2.05) is 6.07 Å². The lowest BCUT2D eigenvalue weighted by molar-refractivity contribution is -0.137. The van der Waals surface area contributed by atoms with Crippen molar-refractivity contribution in [1.82, 2.24) is 0 Å². The first-order chi connectivity index (χ1) is 7.11. The molecular formula is C11H13ClN2O2. The summed E-state index contributed by atoms with van der Waals surface area (Å²) in [5.74, 6) is -0.892. The fraction of sp³-hybridized carbons (Fsp3) is 0.273. The molecule has 0 saturated heterocycles. The van der Waals surface area contributed by atoms with Gasteiger partial charge in [-0.2, -0.15) is 5.26 Å². The molecule has 1 aromatic carbocycles. The largest absolute Gasteiger partial charge is 0.481 e. The fourth-order valence-electron chi connectivity index (χ4n) is 1.31. The van der Waals surface area contributed by atoms with Gasteiger partial charge in [0.15, 0.2) is 0 Å². The summed E-state index contributed by atoms with van der Waals surface area (Å²) in [6.07, 6.45) is 0.470. The molecule has 16 heavy (non-hydrogen) atoms. The van der Waals surface area contributed by atoms with Crippen LogP contribution in [0.15, 0.2) is 24.3 Å². The monoisotopic (exact) mass is 240 g/mol. The van der Waals surface area contributed by atoms with Crippen LogP contribution in [-0.2, 0) is 11.2 Å². The van der Waals surface area contributed by atoms with Crippen molar-refractivity contribution in [1.29, 1.82) is 5.26 Å². The van der Waals surface area contributed by atoms with Crippen LogP contribution in [-0.4, -0.2) is 17.1 Å². The molecule has 86 valence electrons. The average Bonchev–Trinajstić information content (AvgIpc) is 2.17. The summed E-state index contributed by atoms with van der Waals surface area (Å²) in [5.41, 5.74) is 7.17. The summed E-state index contributed by atoms with van der Waals surface area (Å²) in [5, 5.41) is 17.1. The Balaban J connectivity index is 0.00000225. The van der Waals surface area contributed by atoms with Crippen LogP contribution in [0.3, 0.4) is 0 Å². The van der Waals surface area contributed by atoms with E-state index < -0.39 is 5.97 Å². The number of carboxylic acids is 1. The van der Waals surface area contributed by atoms with Crippen molar-refractivity contribution >= 4 is 18.4 Å². The first kappa shape index (κ1) is 14.4. The number of hydrogen-bond acceptors (Lipinski definition) is 3. The maximum absolute atomic E-state index is 10.4. The number of hydrogen-bond donors (Lipinski definition) is 2. The lowest BCUT2D eigenvalue weighted by atomic mass is 10.0. The van der Waals surface area contributed by atoms with E-state index in [1.165, 1.54) is 0 Å². The molecule has 0 aliphatic rings. The van der Waals surface area contributed by atoms with Crippen LogP contribution < -0.4 is 5.73 Å². The van der Waals surface area contributed by atoms with E-state index in [1.54, 1.807) is 24.3 Å². The van der Waals surface area contributed by atoms with Crippen molar-refractivity contribution in [3.05, 3.63) is 35.4 Å². The van der Waals surface area contributed by atoms with Crippen LogP contribution in [0.1, 0.15) is 17.5 Å². The van der Waals surface area contributed by atoms with E-state index in [-0.39, 0.29) is 24.9 Å². The van der Waals surface area contributed by atoms with E-state index in [9.17, 15) is 4.79 Å². The Morgan fingerprint density at radius 1 is 1.44 bits per heavy atom. The van der Waals surface area contributed by atoms with E-state index in [0.29, 0.717) is 12.0 Å². The highest BCUT2D eigenvalue weighted by molar-refractivity contribution is 5.85. The third kappa shape index (κ3) is 4.78. The van der Waals surface area contributed by atoms with E-state index >= 15 is 0 Å². The quantitative estimate of drug-likeness (QED) is 0.831. The number of benzene rings is 1. The number of nitrogens with two attached hydrogens (primary N) is 1. The van der Waals surface area contributed by atoms with Crippen LogP contribution in [0, 0.1) is 11.3 Å². The van der Waals surface area contributed by atoms with Crippen LogP contribution in [0.2, 0.25) is 0 Å². The number of carbonyl (C=O) groups is 1. The molecule has 1 unspecified atom stereocenters. The molecule has 0 fully saturated rings. The van der Waals surface area contributed by atoms with Gasteiger partial charge >= 0.3 is 5.97 Å². The second-order valence-corrected chi connectivity index (χ2v) is 3.37. The molecular weight excluding hydrogens is 228 g/mol. The Kier molecular flexibility index (Phi) is 6.16. The fourth-order valence-corrected chi connectivity index (χ4v) is 1.31. The summed E-state index contributed by atoms with van der Waals surface area (Å²) in [7, 11) is 0. The SMILES string of the molecule is Cl.N#Cc1ccc(CC(N)CC(=O)O)cc1. The van der Waals surface area contributed by atoms with Crippen LogP contribution >= 0.6 is 12.4 Å². The Morgan fingerprint density at radius 2 is 2.00 bits per heavy atom. The van der Waals surface area contributed by atoms with Gasteiger partial charge in [0.05, 0.1) is 18.1 Å². The van der Waals surface area contributed by atoms with Crippen molar-refractivity contribution in [2.24, 2.45) is 5.73 Å². The van der Waals surface area contributed by atoms with Crippen molar-refractivity contribution in [2.45, 2.75) is 18.9 Å².